The van der Waals surface area contributed by atoms with E-state index in [9.17, 15) is 13.2 Å². The van der Waals surface area contributed by atoms with Gasteiger partial charge in [0.2, 0.25) is 15.0 Å². The Bertz CT molecular complexity index is 671. The van der Waals surface area contributed by atoms with Crippen LogP contribution in [0.4, 0.5) is 11.4 Å². The molecule has 1 aromatic rings. The number of hydrogen-bond donors (Lipinski definition) is 0. The molecule has 2 heterocycles. The standard InChI is InChI=1S/C15H19ClN2O4S/c16-23(20,21)11-12-9-15(19)18(10-12)14-3-1-13(2-4-14)17-5-7-22-8-6-17/h1-4,12H,5-11H2. The highest BCUT2D eigenvalue weighted by molar-refractivity contribution is 8.13. The van der Waals surface area contributed by atoms with E-state index in [0.717, 1.165) is 37.7 Å². The van der Waals surface area contributed by atoms with Crippen LogP contribution in [-0.4, -0.2) is 52.9 Å². The highest BCUT2D eigenvalue weighted by Gasteiger charge is 2.33. The predicted octanol–water partition coefficient (Wildman–Crippen LogP) is 1.44. The van der Waals surface area contributed by atoms with Gasteiger partial charge in [-0.1, -0.05) is 0 Å². The number of halogens is 1. The topological polar surface area (TPSA) is 66.9 Å². The van der Waals surface area contributed by atoms with Crippen molar-refractivity contribution in [3.63, 3.8) is 0 Å². The second kappa shape index (κ2) is 6.67. The first-order chi connectivity index (χ1) is 10.9. The van der Waals surface area contributed by atoms with Crippen molar-refractivity contribution in [3.8, 4) is 0 Å². The molecule has 0 N–H and O–H groups in total. The van der Waals surface area contributed by atoms with Gasteiger partial charge in [0.1, 0.15) is 0 Å². The summed E-state index contributed by atoms with van der Waals surface area (Å²) in [6, 6.07) is 7.78. The monoisotopic (exact) mass is 358 g/mol. The van der Waals surface area contributed by atoms with Gasteiger partial charge in [-0.3, -0.25) is 4.79 Å². The van der Waals surface area contributed by atoms with E-state index in [-0.39, 0.29) is 24.0 Å². The molecule has 2 saturated heterocycles. The van der Waals surface area contributed by atoms with Crippen LogP contribution in [0, 0.1) is 5.92 Å². The van der Waals surface area contributed by atoms with E-state index < -0.39 is 9.05 Å². The van der Waals surface area contributed by atoms with Crippen LogP contribution in [-0.2, 0) is 18.6 Å². The van der Waals surface area contributed by atoms with Crippen molar-refractivity contribution in [2.75, 3.05) is 48.4 Å². The summed E-state index contributed by atoms with van der Waals surface area (Å²) in [6.45, 7) is 3.55. The Kier molecular flexibility index (Phi) is 4.79. The number of rotatable bonds is 4. The van der Waals surface area contributed by atoms with Crippen molar-refractivity contribution in [3.05, 3.63) is 24.3 Å². The molecule has 1 aromatic carbocycles. The van der Waals surface area contributed by atoms with Crippen LogP contribution in [0.3, 0.4) is 0 Å². The van der Waals surface area contributed by atoms with Gasteiger partial charge < -0.3 is 14.5 Å². The average Bonchev–Trinajstić information content (AvgIpc) is 2.87. The third-order valence-electron chi connectivity index (χ3n) is 4.18. The maximum absolute atomic E-state index is 12.1. The Morgan fingerprint density at radius 3 is 2.35 bits per heavy atom. The van der Waals surface area contributed by atoms with Crippen LogP contribution in [0.5, 0.6) is 0 Å². The third-order valence-corrected chi connectivity index (χ3v) is 5.43. The van der Waals surface area contributed by atoms with Crippen molar-refractivity contribution >= 4 is 37.0 Å². The maximum Gasteiger partial charge on any atom is 0.232 e. The summed E-state index contributed by atoms with van der Waals surface area (Å²) in [5.41, 5.74) is 1.89. The zero-order chi connectivity index (χ0) is 16.4. The average molecular weight is 359 g/mol. The van der Waals surface area contributed by atoms with Crippen LogP contribution >= 0.6 is 10.7 Å². The molecule has 0 radical (unpaired) electrons. The van der Waals surface area contributed by atoms with E-state index >= 15 is 0 Å². The number of carbonyl (C=O) groups is 1. The van der Waals surface area contributed by atoms with E-state index in [2.05, 4.69) is 4.90 Å². The molecular weight excluding hydrogens is 340 g/mol. The van der Waals surface area contributed by atoms with Gasteiger partial charge in [-0.2, -0.15) is 0 Å². The van der Waals surface area contributed by atoms with Crippen molar-refractivity contribution in [1.29, 1.82) is 0 Å². The number of carbonyl (C=O) groups excluding carboxylic acids is 1. The number of benzene rings is 1. The molecule has 0 spiro atoms. The van der Waals surface area contributed by atoms with Gasteiger partial charge in [0.25, 0.3) is 0 Å². The van der Waals surface area contributed by atoms with Gasteiger partial charge in [-0.25, -0.2) is 8.42 Å². The maximum atomic E-state index is 12.1. The molecule has 0 aromatic heterocycles. The van der Waals surface area contributed by atoms with Crippen LogP contribution in [0.2, 0.25) is 0 Å². The second-order valence-corrected chi connectivity index (χ2v) is 8.72. The van der Waals surface area contributed by atoms with E-state index in [0.29, 0.717) is 6.54 Å². The second-order valence-electron chi connectivity index (χ2n) is 5.90. The molecule has 3 rings (SSSR count). The van der Waals surface area contributed by atoms with E-state index in [1.807, 2.05) is 24.3 Å². The lowest BCUT2D eigenvalue weighted by Gasteiger charge is -2.29. The highest BCUT2D eigenvalue weighted by atomic mass is 35.7. The minimum absolute atomic E-state index is 0.0607. The molecule has 6 nitrogen and oxygen atoms in total. The smallest absolute Gasteiger partial charge is 0.232 e. The van der Waals surface area contributed by atoms with Gasteiger partial charge in [0, 0.05) is 54.0 Å². The summed E-state index contributed by atoms with van der Waals surface area (Å²) in [5.74, 6) is -0.471. The van der Waals surface area contributed by atoms with Gasteiger partial charge in [-0.15, -0.1) is 0 Å². The van der Waals surface area contributed by atoms with Gasteiger partial charge in [-0.05, 0) is 24.3 Å². The normalized spacial score (nSPS) is 22.7. The van der Waals surface area contributed by atoms with E-state index in [1.54, 1.807) is 4.90 Å². The number of anilines is 2. The fourth-order valence-electron chi connectivity index (χ4n) is 3.09. The number of amides is 1. The molecule has 1 unspecified atom stereocenters. The van der Waals surface area contributed by atoms with Crippen molar-refractivity contribution < 1.29 is 17.9 Å². The summed E-state index contributed by atoms with van der Waals surface area (Å²) in [6.07, 6.45) is 0.219. The van der Waals surface area contributed by atoms with Crippen LogP contribution < -0.4 is 9.80 Å². The minimum Gasteiger partial charge on any atom is -0.378 e. The van der Waals surface area contributed by atoms with E-state index in [1.165, 1.54) is 0 Å². The zero-order valence-corrected chi connectivity index (χ0v) is 14.2. The molecule has 2 aliphatic rings. The molecule has 0 saturated carbocycles. The molecule has 126 valence electrons. The van der Waals surface area contributed by atoms with Crippen molar-refractivity contribution in [2.24, 2.45) is 5.92 Å². The minimum atomic E-state index is -3.58. The Hall–Kier alpha value is -1.31. The van der Waals surface area contributed by atoms with Crippen LogP contribution in [0.1, 0.15) is 6.42 Å². The number of morpholine rings is 1. The molecule has 23 heavy (non-hydrogen) atoms. The number of ether oxygens (including phenoxy) is 1. The molecule has 0 bridgehead atoms. The van der Waals surface area contributed by atoms with Crippen LogP contribution in [0.25, 0.3) is 0 Å². The number of nitrogens with zero attached hydrogens (tertiary/aromatic N) is 2. The summed E-state index contributed by atoms with van der Waals surface area (Å²) in [7, 11) is 1.71. The molecule has 2 aliphatic heterocycles. The lowest BCUT2D eigenvalue weighted by atomic mass is 10.1. The Balaban J connectivity index is 1.68. The fraction of sp³-hybridized carbons (Fsp3) is 0.533. The molecule has 1 atom stereocenters. The first kappa shape index (κ1) is 16.5. The molecular formula is C15H19ClN2O4S. The first-order valence-electron chi connectivity index (χ1n) is 7.58. The Morgan fingerprint density at radius 2 is 1.74 bits per heavy atom. The van der Waals surface area contributed by atoms with Gasteiger partial charge in [0.05, 0.1) is 19.0 Å². The van der Waals surface area contributed by atoms with Crippen LogP contribution in [0.15, 0.2) is 24.3 Å². The molecule has 8 heteroatoms. The van der Waals surface area contributed by atoms with Gasteiger partial charge >= 0.3 is 0 Å². The predicted molar refractivity (Wildman–Crippen MR) is 89.6 cm³/mol. The summed E-state index contributed by atoms with van der Waals surface area (Å²) in [5, 5.41) is 0. The molecule has 0 aliphatic carbocycles. The summed E-state index contributed by atoms with van der Waals surface area (Å²) < 4.78 is 27.7. The highest BCUT2D eigenvalue weighted by Crippen LogP contribution is 2.28. The SMILES string of the molecule is O=C1CC(CS(=O)(=O)Cl)CN1c1ccc(N2CCOCC2)cc1. The quantitative estimate of drug-likeness (QED) is 0.762. The lowest BCUT2D eigenvalue weighted by Crippen LogP contribution is -2.36. The number of hydrogen-bond acceptors (Lipinski definition) is 5. The van der Waals surface area contributed by atoms with Crippen molar-refractivity contribution in [1.82, 2.24) is 0 Å². The van der Waals surface area contributed by atoms with Gasteiger partial charge in [0.15, 0.2) is 0 Å². The Morgan fingerprint density at radius 1 is 1.13 bits per heavy atom. The molecule has 1 amide bonds. The fourth-order valence-corrected chi connectivity index (χ4v) is 4.41. The summed E-state index contributed by atoms with van der Waals surface area (Å²) >= 11 is 0. The Labute approximate surface area is 140 Å². The largest absolute Gasteiger partial charge is 0.378 e. The zero-order valence-electron chi connectivity index (χ0n) is 12.7. The van der Waals surface area contributed by atoms with Crippen molar-refractivity contribution in [2.45, 2.75) is 6.42 Å². The first-order valence-corrected chi connectivity index (χ1v) is 10.1. The lowest BCUT2D eigenvalue weighted by molar-refractivity contribution is -0.117. The molecule has 2 fully saturated rings. The summed E-state index contributed by atoms with van der Waals surface area (Å²) in [4.78, 5) is 16.0. The van der Waals surface area contributed by atoms with E-state index in [4.69, 9.17) is 15.4 Å². The third kappa shape index (κ3) is 4.16.